The van der Waals surface area contributed by atoms with E-state index in [1.54, 1.807) is 6.07 Å². The molecular weight excluding hydrogens is 673 g/mol. The zero-order valence-corrected chi connectivity index (χ0v) is 30.3. The minimum absolute atomic E-state index is 0.0253. The van der Waals surface area contributed by atoms with Crippen molar-refractivity contribution in [2.45, 2.75) is 53.5 Å². The highest BCUT2D eigenvalue weighted by Gasteiger charge is 2.38. The van der Waals surface area contributed by atoms with Crippen LogP contribution in [0.25, 0.3) is 32.9 Å². The van der Waals surface area contributed by atoms with Crippen LogP contribution in [-0.2, 0) is 13.5 Å². The molecule has 1 aliphatic heterocycles. The molecule has 0 saturated heterocycles. The third kappa shape index (κ3) is 5.49. The number of aromatic carboxylic acids is 1. The van der Waals surface area contributed by atoms with E-state index in [4.69, 9.17) is 32.9 Å². The van der Waals surface area contributed by atoms with Gasteiger partial charge in [0, 0.05) is 52.3 Å². The maximum Gasteiger partial charge on any atom is 0.339 e. The summed E-state index contributed by atoms with van der Waals surface area (Å²) >= 11 is 13.4. The fraction of sp³-hybridized carbons (Fsp3) is 0.282. The standard InChI is InChI=1S/C39H37Cl2N5O4/c1-20-16-26(17-21(2)34(20)41)50-15-9-11-27-28-13-14-30(40)33(32-23(4)43-44(6)24(32)5)35(28)46-22(3)19-45(38(47)36(27)46)37-29(39(48)49)18-25-10-7-8-12-31(25)42-37/h7-8,10,12-14,16-18,22H,9,11,15,19H2,1-6H3,(H,48,49)/t22-/m1/s1. The Bertz CT molecular complexity index is 2350. The average Bonchev–Trinajstić information content (AvgIpc) is 3.55. The first-order valence-corrected chi connectivity index (χ1v) is 17.3. The monoisotopic (exact) mass is 709 g/mol. The summed E-state index contributed by atoms with van der Waals surface area (Å²) < 4.78 is 10.1. The van der Waals surface area contributed by atoms with Gasteiger partial charge in [-0.05, 0) is 94.5 Å². The van der Waals surface area contributed by atoms with E-state index in [-0.39, 0.29) is 29.9 Å². The van der Waals surface area contributed by atoms with Gasteiger partial charge in [0.2, 0.25) is 0 Å². The van der Waals surface area contributed by atoms with E-state index in [2.05, 4.69) is 9.67 Å². The Balaban J connectivity index is 1.38. The highest BCUT2D eigenvalue weighted by molar-refractivity contribution is 6.35. The van der Waals surface area contributed by atoms with Gasteiger partial charge >= 0.3 is 5.97 Å². The van der Waals surface area contributed by atoms with Gasteiger partial charge in [-0.15, -0.1) is 0 Å². The molecule has 1 N–H and O–H groups in total. The summed E-state index contributed by atoms with van der Waals surface area (Å²) in [7, 11) is 1.91. The smallest absolute Gasteiger partial charge is 0.339 e. The Kier molecular flexibility index (Phi) is 8.60. The molecule has 4 heterocycles. The van der Waals surface area contributed by atoms with Crippen molar-refractivity contribution in [2.75, 3.05) is 18.1 Å². The molecule has 0 radical (unpaired) electrons. The molecule has 11 heteroatoms. The number of fused-ring (bicyclic) bond motifs is 4. The highest BCUT2D eigenvalue weighted by atomic mass is 35.5. The first kappa shape index (κ1) is 33.6. The number of carbonyl (C=O) groups is 2. The van der Waals surface area contributed by atoms with Gasteiger partial charge in [-0.25, -0.2) is 9.78 Å². The number of carboxylic acids is 1. The van der Waals surface area contributed by atoms with Crippen LogP contribution in [0.1, 0.15) is 68.3 Å². The summed E-state index contributed by atoms with van der Waals surface area (Å²) in [5.74, 6) is -0.591. The van der Waals surface area contributed by atoms with E-state index in [1.165, 1.54) is 4.90 Å². The van der Waals surface area contributed by atoms with Crippen LogP contribution in [0.3, 0.4) is 0 Å². The van der Waals surface area contributed by atoms with Crippen molar-refractivity contribution >= 4 is 62.7 Å². The summed E-state index contributed by atoms with van der Waals surface area (Å²) in [5.41, 5.74) is 8.23. The number of halogens is 2. The van der Waals surface area contributed by atoms with Crippen LogP contribution in [0.15, 0.2) is 54.6 Å². The molecule has 0 aliphatic carbocycles. The molecule has 9 nitrogen and oxygen atoms in total. The molecule has 3 aromatic carbocycles. The zero-order chi connectivity index (χ0) is 35.6. The minimum atomic E-state index is -1.15. The third-order valence-corrected chi connectivity index (χ3v) is 10.7. The fourth-order valence-electron chi connectivity index (χ4n) is 7.38. The van der Waals surface area contributed by atoms with Crippen molar-refractivity contribution in [1.29, 1.82) is 0 Å². The molecular formula is C39H37Cl2N5O4. The molecule has 0 bridgehead atoms. The number of anilines is 1. The lowest BCUT2D eigenvalue weighted by Gasteiger charge is -2.34. The summed E-state index contributed by atoms with van der Waals surface area (Å²) in [6.45, 7) is 10.6. The number of nitrogens with zero attached hydrogens (tertiary/aromatic N) is 5. The second-order valence-electron chi connectivity index (χ2n) is 13.1. The number of hydrogen-bond donors (Lipinski definition) is 1. The van der Waals surface area contributed by atoms with E-state index in [9.17, 15) is 14.7 Å². The second-order valence-corrected chi connectivity index (χ2v) is 13.9. The molecule has 6 aromatic rings. The van der Waals surface area contributed by atoms with Gasteiger partial charge in [0.25, 0.3) is 5.91 Å². The lowest BCUT2D eigenvalue weighted by molar-refractivity contribution is 0.0697. The van der Waals surface area contributed by atoms with Gasteiger partial charge in [-0.2, -0.15) is 5.10 Å². The number of ether oxygens (including phenoxy) is 1. The first-order valence-electron chi connectivity index (χ1n) is 16.6. The molecule has 50 heavy (non-hydrogen) atoms. The Morgan fingerprint density at radius 1 is 1.02 bits per heavy atom. The van der Waals surface area contributed by atoms with Gasteiger partial charge in [-0.3, -0.25) is 14.4 Å². The van der Waals surface area contributed by atoms with Crippen molar-refractivity contribution in [1.82, 2.24) is 19.3 Å². The average molecular weight is 711 g/mol. The quantitative estimate of drug-likeness (QED) is 0.158. The van der Waals surface area contributed by atoms with Gasteiger partial charge < -0.3 is 14.4 Å². The molecule has 1 aliphatic rings. The molecule has 7 rings (SSSR count). The topological polar surface area (TPSA) is 102 Å². The molecule has 1 amide bonds. The summed E-state index contributed by atoms with van der Waals surface area (Å²) in [4.78, 5) is 33.7. The Morgan fingerprint density at radius 3 is 2.42 bits per heavy atom. The number of rotatable bonds is 8. The maximum absolute atomic E-state index is 14.9. The minimum Gasteiger partial charge on any atom is -0.494 e. The largest absolute Gasteiger partial charge is 0.494 e. The number of amides is 1. The van der Waals surface area contributed by atoms with Crippen molar-refractivity contribution in [3.05, 3.63) is 104 Å². The van der Waals surface area contributed by atoms with E-state index in [0.717, 1.165) is 60.9 Å². The summed E-state index contributed by atoms with van der Waals surface area (Å²) in [6.07, 6.45) is 1.14. The zero-order valence-electron chi connectivity index (χ0n) is 28.8. The predicted octanol–water partition coefficient (Wildman–Crippen LogP) is 9.06. The van der Waals surface area contributed by atoms with Crippen LogP contribution in [0.4, 0.5) is 5.82 Å². The normalized spacial score (nSPS) is 14.5. The maximum atomic E-state index is 14.9. The number of aromatic nitrogens is 4. The van der Waals surface area contributed by atoms with Gasteiger partial charge in [0.1, 0.15) is 17.0 Å². The van der Waals surface area contributed by atoms with Crippen LogP contribution in [-0.4, -0.2) is 49.5 Å². The third-order valence-electron chi connectivity index (χ3n) is 9.75. The number of benzene rings is 3. The van der Waals surface area contributed by atoms with Crippen molar-refractivity contribution < 1.29 is 19.4 Å². The SMILES string of the molecule is Cc1cc(OCCCc2c3n(c4c(-c5c(C)nn(C)c5C)c(Cl)ccc24)[C@H](C)CN(c2nc4ccccc4cc2C(=O)O)C3=O)cc(C)c1Cl. The number of aryl methyl sites for hydroxylation is 5. The van der Waals surface area contributed by atoms with Crippen molar-refractivity contribution in [3.63, 3.8) is 0 Å². The molecule has 1 atom stereocenters. The molecule has 3 aromatic heterocycles. The van der Waals surface area contributed by atoms with Crippen molar-refractivity contribution in [2.24, 2.45) is 7.05 Å². The van der Waals surface area contributed by atoms with Gasteiger partial charge in [0.15, 0.2) is 5.82 Å². The van der Waals surface area contributed by atoms with E-state index in [1.807, 2.05) is 94.9 Å². The number of pyridine rings is 1. The van der Waals surface area contributed by atoms with Crippen LogP contribution in [0, 0.1) is 27.7 Å². The summed E-state index contributed by atoms with van der Waals surface area (Å²) in [6, 6.07) is 16.4. The van der Waals surface area contributed by atoms with Crippen LogP contribution >= 0.6 is 23.2 Å². The molecule has 0 fully saturated rings. The van der Waals surface area contributed by atoms with Crippen LogP contribution < -0.4 is 9.64 Å². The number of carbonyl (C=O) groups excluding carboxylic acids is 1. The fourth-order valence-corrected chi connectivity index (χ4v) is 7.74. The lowest BCUT2D eigenvalue weighted by Crippen LogP contribution is -2.43. The van der Waals surface area contributed by atoms with E-state index in [0.29, 0.717) is 41.1 Å². The molecule has 0 spiro atoms. The first-order chi connectivity index (χ1) is 23.9. The van der Waals surface area contributed by atoms with E-state index < -0.39 is 5.97 Å². The number of hydrogen-bond acceptors (Lipinski definition) is 5. The van der Waals surface area contributed by atoms with Crippen molar-refractivity contribution in [3.8, 4) is 16.9 Å². The van der Waals surface area contributed by atoms with Gasteiger partial charge in [-0.1, -0.05) is 47.5 Å². The molecule has 256 valence electrons. The highest BCUT2D eigenvalue weighted by Crippen LogP contribution is 2.45. The van der Waals surface area contributed by atoms with Crippen LogP contribution in [0.5, 0.6) is 5.75 Å². The number of para-hydroxylation sites is 1. The Hall–Kier alpha value is -4.86. The Labute approximate surface area is 300 Å². The van der Waals surface area contributed by atoms with E-state index >= 15 is 0 Å². The van der Waals surface area contributed by atoms with Gasteiger partial charge in [0.05, 0.1) is 28.4 Å². The lowest BCUT2D eigenvalue weighted by atomic mass is 9.98. The number of carboxylic acid groups (broad SMARTS) is 1. The predicted molar refractivity (Wildman–Crippen MR) is 198 cm³/mol. The second kappa shape index (κ2) is 12.8. The van der Waals surface area contributed by atoms with Crippen LogP contribution in [0.2, 0.25) is 10.0 Å². The Morgan fingerprint density at radius 2 is 1.74 bits per heavy atom. The molecule has 0 saturated carbocycles. The summed E-state index contributed by atoms with van der Waals surface area (Å²) in [5, 5.41) is 17.8. The molecule has 0 unspecified atom stereocenters.